The SMILES string of the molecule is CCN1CC=C2[C@@H](C1)[C@H](c1ccc(C(C)C)cc1)[C@H](C#N)C(=N)C2(C#N)C#N. The van der Waals surface area contributed by atoms with Crippen molar-refractivity contribution in [3.8, 4) is 18.2 Å². The van der Waals surface area contributed by atoms with E-state index >= 15 is 0 Å². The molecule has 0 bridgehead atoms. The van der Waals surface area contributed by atoms with Crippen molar-refractivity contribution in [1.82, 2.24) is 4.90 Å². The van der Waals surface area contributed by atoms with Crippen LogP contribution in [0.3, 0.4) is 0 Å². The number of nitriles is 3. The van der Waals surface area contributed by atoms with Gasteiger partial charge in [0.15, 0.2) is 0 Å². The van der Waals surface area contributed by atoms with E-state index in [4.69, 9.17) is 5.41 Å². The quantitative estimate of drug-likeness (QED) is 0.812. The van der Waals surface area contributed by atoms with E-state index in [9.17, 15) is 15.8 Å². The van der Waals surface area contributed by atoms with E-state index in [-0.39, 0.29) is 17.5 Å². The second kappa shape index (κ2) is 7.59. The molecule has 1 N–H and O–H groups in total. The third-order valence-corrected chi connectivity index (χ3v) is 6.27. The normalized spacial score (nSPS) is 26.5. The molecule has 1 saturated carbocycles. The van der Waals surface area contributed by atoms with Crippen LogP contribution in [0.2, 0.25) is 0 Å². The van der Waals surface area contributed by atoms with E-state index in [1.54, 1.807) is 0 Å². The van der Waals surface area contributed by atoms with E-state index in [0.717, 1.165) is 12.1 Å². The fourth-order valence-electron chi connectivity index (χ4n) is 4.57. The molecule has 0 spiro atoms. The van der Waals surface area contributed by atoms with Crippen LogP contribution in [0.15, 0.2) is 35.9 Å². The second-order valence-electron chi connectivity index (χ2n) is 7.96. The average molecular weight is 371 g/mol. The van der Waals surface area contributed by atoms with Crippen LogP contribution in [0.5, 0.6) is 0 Å². The number of nitrogens with one attached hydrogen (secondary N) is 1. The van der Waals surface area contributed by atoms with Gasteiger partial charge in [0.25, 0.3) is 0 Å². The lowest BCUT2D eigenvalue weighted by Crippen LogP contribution is -2.52. The van der Waals surface area contributed by atoms with Crippen molar-refractivity contribution in [2.45, 2.75) is 32.6 Å². The lowest BCUT2D eigenvalue weighted by molar-refractivity contribution is 0.218. The lowest BCUT2D eigenvalue weighted by atomic mass is 9.55. The first-order chi connectivity index (χ1) is 13.4. The summed E-state index contributed by atoms with van der Waals surface area (Å²) in [4.78, 5) is 2.26. The number of hydrogen-bond acceptors (Lipinski definition) is 5. The first-order valence-corrected chi connectivity index (χ1v) is 9.77. The molecule has 142 valence electrons. The van der Waals surface area contributed by atoms with Crippen LogP contribution in [0.4, 0.5) is 0 Å². The number of benzene rings is 1. The summed E-state index contributed by atoms with van der Waals surface area (Å²) in [6.07, 6.45) is 1.95. The average Bonchev–Trinajstić information content (AvgIpc) is 2.73. The van der Waals surface area contributed by atoms with Crippen molar-refractivity contribution in [2.24, 2.45) is 17.3 Å². The number of rotatable bonds is 3. The van der Waals surface area contributed by atoms with Crippen molar-refractivity contribution in [2.75, 3.05) is 19.6 Å². The van der Waals surface area contributed by atoms with Gasteiger partial charge in [0.2, 0.25) is 5.41 Å². The molecule has 2 aliphatic rings. The lowest BCUT2D eigenvalue weighted by Gasteiger charge is -2.47. The number of hydrogen-bond donors (Lipinski definition) is 1. The molecule has 0 unspecified atom stereocenters. The number of likely N-dealkylation sites (N-methyl/N-ethyl adjacent to an activating group) is 1. The highest BCUT2D eigenvalue weighted by Gasteiger charge is 2.56. The van der Waals surface area contributed by atoms with Crippen LogP contribution in [0, 0.1) is 56.7 Å². The van der Waals surface area contributed by atoms with Crippen LogP contribution in [0.25, 0.3) is 0 Å². The molecule has 1 heterocycles. The molecular weight excluding hydrogens is 346 g/mol. The maximum atomic E-state index is 9.93. The molecule has 0 radical (unpaired) electrons. The molecule has 0 amide bonds. The maximum absolute atomic E-state index is 9.93. The van der Waals surface area contributed by atoms with Crippen molar-refractivity contribution in [3.05, 3.63) is 47.0 Å². The van der Waals surface area contributed by atoms with Crippen LogP contribution in [-0.4, -0.2) is 30.2 Å². The van der Waals surface area contributed by atoms with Crippen molar-refractivity contribution < 1.29 is 0 Å². The Bertz CT molecular complexity index is 906. The van der Waals surface area contributed by atoms with Crippen LogP contribution in [-0.2, 0) is 0 Å². The summed E-state index contributed by atoms with van der Waals surface area (Å²) in [6.45, 7) is 8.57. The Morgan fingerprint density at radius 2 is 1.82 bits per heavy atom. The summed E-state index contributed by atoms with van der Waals surface area (Å²) in [5, 5.41) is 38.3. The van der Waals surface area contributed by atoms with Gasteiger partial charge in [0.1, 0.15) is 0 Å². The molecule has 0 saturated heterocycles. The molecule has 3 rings (SSSR count). The first-order valence-electron chi connectivity index (χ1n) is 9.77. The monoisotopic (exact) mass is 371 g/mol. The Labute approximate surface area is 167 Å². The minimum absolute atomic E-state index is 0.0783. The Balaban J connectivity index is 2.16. The van der Waals surface area contributed by atoms with Gasteiger partial charge >= 0.3 is 0 Å². The zero-order valence-corrected chi connectivity index (χ0v) is 16.6. The molecular formula is C23H25N5. The highest BCUT2D eigenvalue weighted by atomic mass is 15.1. The third-order valence-electron chi connectivity index (χ3n) is 6.27. The third kappa shape index (κ3) is 2.91. The molecule has 1 aromatic rings. The molecule has 0 aromatic heterocycles. The Kier molecular flexibility index (Phi) is 5.37. The first kappa shape index (κ1) is 19.8. The van der Waals surface area contributed by atoms with Crippen molar-refractivity contribution in [3.63, 3.8) is 0 Å². The molecule has 1 aliphatic carbocycles. The van der Waals surface area contributed by atoms with Gasteiger partial charge in [-0.25, -0.2) is 0 Å². The summed E-state index contributed by atoms with van der Waals surface area (Å²) < 4.78 is 0. The molecule has 3 atom stereocenters. The van der Waals surface area contributed by atoms with E-state index in [0.29, 0.717) is 24.6 Å². The van der Waals surface area contributed by atoms with Gasteiger partial charge in [-0.3, -0.25) is 4.90 Å². The standard InChI is InChI=1S/C23H25N5/c1-4-28-10-9-20-19(12-28)21(17-7-5-16(6-8-17)15(2)3)18(11-24)22(27)23(20,13-25)14-26/h5-9,15,18-19,21,27H,4,10,12H2,1-3H3/t18-,19+,21+/m0/s1. The maximum Gasteiger partial charge on any atom is 0.203 e. The van der Waals surface area contributed by atoms with Crippen molar-refractivity contribution >= 4 is 5.71 Å². The van der Waals surface area contributed by atoms with Gasteiger partial charge in [-0.1, -0.05) is 51.1 Å². The van der Waals surface area contributed by atoms with Gasteiger partial charge < -0.3 is 5.41 Å². The predicted molar refractivity (Wildman–Crippen MR) is 107 cm³/mol. The summed E-state index contributed by atoms with van der Waals surface area (Å²) in [6, 6.07) is 14.7. The summed E-state index contributed by atoms with van der Waals surface area (Å²) in [5.74, 6) is -0.732. The predicted octanol–water partition coefficient (Wildman–Crippen LogP) is 3.98. The van der Waals surface area contributed by atoms with Gasteiger partial charge in [0, 0.05) is 24.9 Å². The summed E-state index contributed by atoms with van der Waals surface area (Å²) >= 11 is 0. The fraction of sp³-hybridized carbons (Fsp3) is 0.478. The molecule has 1 aliphatic heterocycles. The Hall–Kier alpha value is -2.94. The largest absolute Gasteiger partial charge is 0.305 e. The van der Waals surface area contributed by atoms with Gasteiger partial charge in [-0.15, -0.1) is 0 Å². The number of fused-ring (bicyclic) bond motifs is 1. The fourth-order valence-corrected chi connectivity index (χ4v) is 4.57. The Morgan fingerprint density at radius 1 is 1.18 bits per heavy atom. The summed E-state index contributed by atoms with van der Waals surface area (Å²) in [7, 11) is 0. The zero-order valence-electron chi connectivity index (χ0n) is 16.6. The van der Waals surface area contributed by atoms with E-state index in [1.807, 2.05) is 18.2 Å². The van der Waals surface area contributed by atoms with Crippen LogP contribution in [0.1, 0.15) is 43.7 Å². The summed E-state index contributed by atoms with van der Waals surface area (Å²) in [5.41, 5.74) is 1.22. The van der Waals surface area contributed by atoms with Gasteiger partial charge in [0.05, 0.1) is 29.8 Å². The van der Waals surface area contributed by atoms with Gasteiger partial charge in [-0.05, 0) is 29.2 Å². The minimum atomic E-state index is -1.63. The molecule has 1 fully saturated rings. The topological polar surface area (TPSA) is 98.5 Å². The molecule has 5 heteroatoms. The van der Waals surface area contributed by atoms with Crippen LogP contribution < -0.4 is 0 Å². The van der Waals surface area contributed by atoms with E-state index in [1.165, 1.54) is 5.56 Å². The smallest absolute Gasteiger partial charge is 0.203 e. The number of nitrogens with zero attached hydrogens (tertiary/aromatic N) is 4. The minimum Gasteiger partial charge on any atom is -0.305 e. The highest BCUT2D eigenvalue weighted by Crippen LogP contribution is 2.52. The van der Waals surface area contributed by atoms with Crippen LogP contribution >= 0.6 is 0 Å². The Morgan fingerprint density at radius 3 is 2.32 bits per heavy atom. The van der Waals surface area contributed by atoms with Gasteiger partial charge in [-0.2, -0.15) is 15.8 Å². The molecule has 1 aromatic carbocycles. The molecule has 5 nitrogen and oxygen atoms in total. The molecule has 28 heavy (non-hydrogen) atoms. The van der Waals surface area contributed by atoms with Crippen molar-refractivity contribution in [1.29, 1.82) is 21.2 Å². The highest BCUT2D eigenvalue weighted by molar-refractivity contribution is 6.01. The van der Waals surface area contributed by atoms with E-state index in [2.05, 4.69) is 56.0 Å². The second-order valence-corrected chi connectivity index (χ2v) is 7.96. The van der Waals surface area contributed by atoms with E-state index < -0.39 is 11.3 Å². The zero-order chi connectivity index (χ0) is 20.5.